The smallest absolute Gasteiger partial charge is 0.331 e. The molecule has 0 radical (unpaired) electrons. The summed E-state index contributed by atoms with van der Waals surface area (Å²) < 4.78 is 16.1. The van der Waals surface area contributed by atoms with Gasteiger partial charge < -0.3 is 19.5 Å². The van der Waals surface area contributed by atoms with E-state index in [9.17, 15) is 9.59 Å². The van der Waals surface area contributed by atoms with Gasteiger partial charge in [-0.2, -0.15) is 0 Å². The number of aryl methyl sites for hydroxylation is 1. The Balaban J connectivity index is 1.57. The molecule has 1 aliphatic rings. The van der Waals surface area contributed by atoms with Crippen LogP contribution in [0.1, 0.15) is 18.1 Å². The molecule has 0 unspecified atom stereocenters. The first kappa shape index (κ1) is 19.8. The van der Waals surface area contributed by atoms with Crippen molar-refractivity contribution in [2.45, 2.75) is 20.0 Å². The number of halogens is 1. The molecule has 0 fully saturated rings. The van der Waals surface area contributed by atoms with Gasteiger partial charge in [-0.05, 0) is 55.3 Å². The number of esters is 1. The molecule has 1 amide bonds. The Hall–Kier alpha value is -2.99. The van der Waals surface area contributed by atoms with Crippen LogP contribution in [0.3, 0.4) is 0 Å². The fourth-order valence-electron chi connectivity index (χ4n) is 2.56. The van der Waals surface area contributed by atoms with E-state index in [1.807, 2.05) is 6.92 Å². The number of benzene rings is 2. The molecule has 2 aromatic carbocycles. The highest BCUT2D eigenvalue weighted by Gasteiger charge is 2.18. The first-order valence-electron chi connectivity index (χ1n) is 8.78. The largest absolute Gasteiger partial charge is 0.486 e. The van der Waals surface area contributed by atoms with Gasteiger partial charge in [-0.25, -0.2) is 4.79 Å². The third kappa shape index (κ3) is 5.04. The van der Waals surface area contributed by atoms with Crippen LogP contribution in [0.2, 0.25) is 5.02 Å². The molecule has 2 aromatic rings. The standard InChI is InChI=1S/C21H20ClNO5/c1-13-3-6-16(22)12-17(13)23-21(25)14(2)28-20(24)8-5-15-4-7-18-19(11-15)27-10-9-26-18/h3-8,11-12,14H,9-10H2,1-2H3,(H,23,25)/b8-5+/t14-/m0/s1. The molecule has 0 aromatic heterocycles. The van der Waals surface area contributed by atoms with E-state index in [4.69, 9.17) is 25.8 Å². The van der Waals surface area contributed by atoms with E-state index in [2.05, 4.69) is 5.32 Å². The normalized spacial score (nSPS) is 13.8. The number of ether oxygens (including phenoxy) is 3. The zero-order chi connectivity index (χ0) is 20.1. The highest BCUT2D eigenvalue weighted by atomic mass is 35.5. The van der Waals surface area contributed by atoms with Crippen molar-refractivity contribution in [3.05, 3.63) is 58.6 Å². The first-order valence-corrected chi connectivity index (χ1v) is 9.15. The van der Waals surface area contributed by atoms with Gasteiger partial charge in [0.05, 0.1) is 0 Å². The number of amides is 1. The number of carbonyl (C=O) groups is 2. The Morgan fingerprint density at radius 2 is 1.89 bits per heavy atom. The number of hydrogen-bond donors (Lipinski definition) is 1. The predicted octanol–water partition coefficient (Wildman–Crippen LogP) is 4.00. The summed E-state index contributed by atoms with van der Waals surface area (Å²) in [7, 11) is 0. The third-order valence-electron chi connectivity index (χ3n) is 4.10. The van der Waals surface area contributed by atoms with Crippen LogP contribution < -0.4 is 14.8 Å². The lowest BCUT2D eigenvalue weighted by Crippen LogP contribution is -2.29. The number of anilines is 1. The van der Waals surface area contributed by atoms with Crippen molar-refractivity contribution >= 4 is 35.2 Å². The summed E-state index contributed by atoms with van der Waals surface area (Å²) in [4.78, 5) is 24.3. The van der Waals surface area contributed by atoms with E-state index >= 15 is 0 Å². The van der Waals surface area contributed by atoms with Gasteiger partial charge in [0.2, 0.25) is 0 Å². The Bertz CT molecular complexity index is 925. The molecule has 28 heavy (non-hydrogen) atoms. The van der Waals surface area contributed by atoms with Gasteiger partial charge in [-0.15, -0.1) is 0 Å². The van der Waals surface area contributed by atoms with Crippen molar-refractivity contribution in [3.8, 4) is 11.5 Å². The van der Waals surface area contributed by atoms with Crippen molar-refractivity contribution in [1.82, 2.24) is 0 Å². The molecule has 0 saturated heterocycles. The Morgan fingerprint density at radius 3 is 2.68 bits per heavy atom. The van der Waals surface area contributed by atoms with Crippen LogP contribution in [0, 0.1) is 6.92 Å². The molecular formula is C21H20ClNO5. The summed E-state index contributed by atoms with van der Waals surface area (Å²) in [5, 5.41) is 3.22. The van der Waals surface area contributed by atoms with Gasteiger partial charge in [0, 0.05) is 16.8 Å². The summed E-state index contributed by atoms with van der Waals surface area (Å²) in [6, 6.07) is 10.5. The van der Waals surface area contributed by atoms with Crippen molar-refractivity contribution in [3.63, 3.8) is 0 Å². The summed E-state index contributed by atoms with van der Waals surface area (Å²) in [5.74, 6) is 0.241. The van der Waals surface area contributed by atoms with Gasteiger partial charge in [-0.3, -0.25) is 4.79 Å². The van der Waals surface area contributed by atoms with Crippen LogP contribution in [0.5, 0.6) is 11.5 Å². The highest BCUT2D eigenvalue weighted by molar-refractivity contribution is 6.31. The maximum Gasteiger partial charge on any atom is 0.331 e. The lowest BCUT2D eigenvalue weighted by Gasteiger charge is -2.18. The van der Waals surface area contributed by atoms with E-state index in [1.165, 1.54) is 13.0 Å². The summed E-state index contributed by atoms with van der Waals surface area (Å²) in [5.41, 5.74) is 2.19. The first-order chi connectivity index (χ1) is 13.4. The average molecular weight is 402 g/mol. The molecule has 1 atom stereocenters. The zero-order valence-corrected chi connectivity index (χ0v) is 16.3. The summed E-state index contributed by atoms with van der Waals surface area (Å²) in [6.07, 6.45) is 1.89. The van der Waals surface area contributed by atoms with Crippen LogP contribution in [-0.2, 0) is 14.3 Å². The van der Waals surface area contributed by atoms with Crippen LogP contribution in [-0.4, -0.2) is 31.2 Å². The van der Waals surface area contributed by atoms with Crippen molar-refractivity contribution < 1.29 is 23.8 Å². The fraction of sp³-hybridized carbons (Fsp3) is 0.238. The monoisotopic (exact) mass is 401 g/mol. The Labute approximate surface area is 168 Å². The van der Waals surface area contributed by atoms with Crippen molar-refractivity contribution in [2.75, 3.05) is 18.5 Å². The number of rotatable bonds is 5. The summed E-state index contributed by atoms with van der Waals surface area (Å²) >= 11 is 5.95. The van der Waals surface area contributed by atoms with Gasteiger partial charge in [0.25, 0.3) is 5.91 Å². The number of nitrogens with one attached hydrogen (secondary N) is 1. The molecule has 0 saturated carbocycles. The van der Waals surface area contributed by atoms with Crippen LogP contribution in [0.25, 0.3) is 6.08 Å². The molecule has 146 valence electrons. The number of carbonyl (C=O) groups excluding carboxylic acids is 2. The molecule has 1 N–H and O–H groups in total. The maximum absolute atomic E-state index is 12.3. The quantitative estimate of drug-likeness (QED) is 0.605. The van der Waals surface area contributed by atoms with Crippen LogP contribution in [0.15, 0.2) is 42.5 Å². The number of hydrogen-bond acceptors (Lipinski definition) is 5. The topological polar surface area (TPSA) is 73.9 Å². The lowest BCUT2D eigenvalue weighted by atomic mass is 10.2. The van der Waals surface area contributed by atoms with Gasteiger partial charge >= 0.3 is 5.97 Å². The molecule has 1 aliphatic heterocycles. The molecule has 0 bridgehead atoms. The van der Waals surface area contributed by atoms with Gasteiger partial charge in [0.1, 0.15) is 13.2 Å². The lowest BCUT2D eigenvalue weighted by molar-refractivity contribution is -0.148. The third-order valence-corrected chi connectivity index (χ3v) is 4.33. The maximum atomic E-state index is 12.3. The second-order valence-electron chi connectivity index (χ2n) is 6.26. The molecular weight excluding hydrogens is 382 g/mol. The zero-order valence-electron chi connectivity index (χ0n) is 15.5. The highest BCUT2D eigenvalue weighted by Crippen LogP contribution is 2.31. The van der Waals surface area contributed by atoms with E-state index in [-0.39, 0.29) is 0 Å². The van der Waals surface area contributed by atoms with E-state index in [1.54, 1.807) is 42.5 Å². The predicted molar refractivity (Wildman–Crippen MR) is 107 cm³/mol. The minimum Gasteiger partial charge on any atom is -0.486 e. The van der Waals surface area contributed by atoms with E-state index < -0.39 is 18.0 Å². The molecule has 0 spiro atoms. The Kier molecular flexibility index (Phi) is 6.21. The number of fused-ring (bicyclic) bond motifs is 1. The minimum atomic E-state index is -0.962. The van der Waals surface area contributed by atoms with Crippen LogP contribution >= 0.6 is 11.6 Å². The van der Waals surface area contributed by atoms with E-state index in [0.29, 0.717) is 35.4 Å². The molecule has 6 nitrogen and oxygen atoms in total. The molecule has 3 rings (SSSR count). The Morgan fingerprint density at radius 1 is 1.14 bits per heavy atom. The van der Waals surface area contributed by atoms with E-state index in [0.717, 1.165) is 11.1 Å². The molecule has 1 heterocycles. The van der Waals surface area contributed by atoms with Crippen molar-refractivity contribution in [2.24, 2.45) is 0 Å². The van der Waals surface area contributed by atoms with Crippen LogP contribution in [0.4, 0.5) is 5.69 Å². The second-order valence-corrected chi connectivity index (χ2v) is 6.70. The average Bonchev–Trinajstić information content (AvgIpc) is 2.69. The van der Waals surface area contributed by atoms with Crippen molar-refractivity contribution in [1.29, 1.82) is 0 Å². The molecule has 7 heteroatoms. The molecule has 0 aliphatic carbocycles. The van der Waals surface area contributed by atoms with Gasteiger partial charge in [-0.1, -0.05) is 23.7 Å². The SMILES string of the molecule is Cc1ccc(Cl)cc1NC(=O)[C@H](C)OC(=O)/C=C/c1ccc2c(c1)OCCO2. The second kappa shape index (κ2) is 8.80. The minimum absolute atomic E-state index is 0.438. The fourth-order valence-corrected chi connectivity index (χ4v) is 2.73. The van der Waals surface area contributed by atoms with Gasteiger partial charge in [0.15, 0.2) is 17.6 Å². The summed E-state index contributed by atoms with van der Waals surface area (Å²) in [6.45, 7) is 4.35.